The van der Waals surface area contributed by atoms with Crippen LogP contribution in [0.3, 0.4) is 0 Å². The summed E-state index contributed by atoms with van der Waals surface area (Å²) in [5.74, 6) is -0.219. The number of methoxy groups -OCH3 is 1. The zero-order valence-corrected chi connectivity index (χ0v) is 18.7. The number of benzene rings is 2. The van der Waals surface area contributed by atoms with E-state index in [-0.39, 0.29) is 5.91 Å². The number of aryl methyl sites for hydroxylation is 2. The Morgan fingerprint density at radius 1 is 1.14 bits per heavy atom. The van der Waals surface area contributed by atoms with Gasteiger partial charge < -0.3 is 14.2 Å². The molecule has 0 saturated heterocycles. The summed E-state index contributed by atoms with van der Waals surface area (Å²) in [7, 11) is 1.69. The maximum Gasteiger partial charge on any atom is 0.279 e. The second-order valence-electron chi connectivity index (χ2n) is 7.10. The Morgan fingerprint density at radius 3 is 2.45 bits per heavy atom. The first-order valence-electron chi connectivity index (χ1n) is 10.0. The van der Waals surface area contributed by atoms with Crippen LogP contribution in [0.15, 0.2) is 41.4 Å². The molecule has 0 radical (unpaired) electrons. The molecule has 5 nitrogen and oxygen atoms in total. The lowest BCUT2D eigenvalue weighted by Gasteiger charge is -2.20. The van der Waals surface area contributed by atoms with Crippen LogP contribution >= 0.6 is 11.3 Å². The number of aromatic nitrogens is 1. The van der Waals surface area contributed by atoms with Crippen LogP contribution in [0.25, 0.3) is 10.2 Å². The number of fused-ring (bicyclic) bond motifs is 1. The number of hydrogen-bond acceptors (Lipinski definition) is 4. The molecule has 3 rings (SSSR count). The molecule has 0 atom stereocenters. The zero-order valence-electron chi connectivity index (χ0n) is 17.9. The predicted octanol–water partition coefficient (Wildman–Crippen LogP) is 4.55. The van der Waals surface area contributed by atoms with Crippen molar-refractivity contribution in [3.8, 4) is 0 Å². The molecule has 0 aliphatic carbocycles. The molecular weight excluding hydrogens is 382 g/mol. The first-order chi connectivity index (χ1) is 14.0. The molecule has 0 aliphatic rings. The minimum Gasteiger partial charge on any atom is -0.383 e. The summed E-state index contributed by atoms with van der Waals surface area (Å²) in [4.78, 5) is 20.3. The van der Waals surface area contributed by atoms with E-state index in [1.807, 2.05) is 24.3 Å². The fourth-order valence-electron chi connectivity index (χ4n) is 3.55. The van der Waals surface area contributed by atoms with E-state index in [0.29, 0.717) is 23.5 Å². The number of carbonyl (C=O) groups excluding carboxylic acids is 1. The van der Waals surface area contributed by atoms with E-state index in [1.165, 1.54) is 11.1 Å². The van der Waals surface area contributed by atoms with E-state index < -0.39 is 0 Å². The van der Waals surface area contributed by atoms with Gasteiger partial charge in [-0.1, -0.05) is 17.4 Å². The van der Waals surface area contributed by atoms with Gasteiger partial charge in [-0.15, -0.1) is 0 Å². The van der Waals surface area contributed by atoms with E-state index in [2.05, 4.69) is 54.3 Å². The Bertz CT molecular complexity index is 1060. The summed E-state index contributed by atoms with van der Waals surface area (Å²) in [6.45, 7) is 11.5. The first-order valence-corrected chi connectivity index (χ1v) is 10.8. The molecule has 0 saturated carbocycles. The summed E-state index contributed by atoms with van der Waals surface area (Å²) < 4.78 is 8.53. The van der Waals surface area contributed by atoms with E-state index >= 15 is 0 Å². The lowest BCUT2D eigenvalue weighted by Crippen LogP contribution is -2.21. The average molecular weight is 412 g/mol. The third kappa shape index (κ3) is 4.60. The van der Waals surface area contributed by atoms with Gasteiger partial charge in [-0.05, 0) is 69.2 Å². The SMILES string of the molecule is CCN(CC)c1ccc(C(=O)N=c2sc3c(C)cc(C)cc3n2CCOC)cc1. The molecule has 1 heterocycles. The molecule has 29 heavy (non-hydrogen) atoms. The van der Waals surface area contributed by atoms with E-state index in [0.717, 1.165) is 29.0 Å². The topological polar surface area (TPSA) is 46.8 Å². The number of rotatable bonds is 7. The van der Waals surface area contributed by atoms with Crippen LogP contribution in [0.5, 0.6) is 0 Å². The quantitative estimate of drug-likeness (QED) is 0.573. The number of ether oxygens (including phenoxy) is 1. The molecule has 6 heteroatoms. The Labute approximate surface area is 176 Å². The number of nitrogens with zero attached hydrogens (tertiary/aromatic N) is 3. The molecule has 1 aromatic heterocycles. The van der Waals surface area contributed by atoms with Crippen LogP contribution in [0.4, 0.5) is 5.69 Å². The van der Waals surface area contributed by atoms with Gasteiger partial charge in [0, 0.05) is 38.0 Å². The number of hydrogen-bond donors (Lipinski definition) is 0. The van der Waals surface area contributed by atoms with Crippen molar-refractivity contribution < 1.29 is 9.53 Å². The summed E-state index contributed by atoms with van der Waals surface area (Å²) in [6, 6.07) is 12.0. The van der Waals surface area contributed by atoms with Crippen LogP contribution in [0.1, 0.15) is 35.3 Å². The predicted molar refractivity (Wildman–Crippen MR) is 121 cm³/mol. The van der Waals surface area contributed by atoms with Crippen LogP contribution in [-0.4, -0.2) is 37.3 Å². The molecule has 0 unspecified atom stereocenters. The standard InChI is InChI=1S/C23H29N3O2S/c1-6-25(7-2)19-10-8-18(9-11-19)22(27)24-23-26(12-13-28-5)20-15-16(3)14-17(4)21(20)29-23/h8-11,14-15H,6-7,12-13H2,1-5H3. The van der Waals surface area contributed by atoms with E-state index in [9.17, 15) is 4.79 Å². The van der Waals surface area contributed by atoms with Gasteiger partial charge in [0.15, 0.2) is 4.80 Å². The van der Waals surface area contributed by atoms with Gasteiger partial charge in [-0.25, -0.2) is 0 Å². The molecule has 0 fully saturated rings. The summed E-state index contributed by atoms with van der Waals surface area (Å²) in [5, 5.41) is 0. The monoisotopic (exact) mass is 411 g/mol. The fraction of sp³-hybridized carbons (Fsp3) is 0.391. The molecular formula is C23H29N3O2S. The maximum atomic E-state index is 12.9. The Hall–Kier alpha value is -2.44. The van der Waals surface area contributed by atoms with Gasteiger partial charge in [-0.3, -0.25) is 4.79 Å². The second-order valence-corrected chi connectivity index (χ2v) is 8.07. The van der Waals surface area contributed by atoms with Gasteiger partial charge in [0.25, 0.3) is 5.91 Å². The van der Waals surface area contributed by atoms with Gasteiger partial charge in [0.2, 0.25) is 0 Å². The van der Waals surface area contributed by atoms with Gasteiger partial charge in [-0.2, -0.15) is 4.99 Å². The lowest BCUT2D eigenvalue weighted by molar-refractivity contribution is 0.0997. The van der Waals surface area contributed by atoms with E-state index in [1.54, 1.807) is 18.4 Å². The van der Waals surface area contributed by atoms with Crippen molar-refractivity contribution in [2.45, 2.75) is 34.2 Å². The highest BCUT2D eigenvalue weighted by Gasteiger charge is 2.12. The molecule has 0 aliphatic heterocycles. The third-order valence-electron chi connectivity index (χ3n) is 5.07. The normalized spacial score (nSPS) is 12.0. The molecule has 1 amide bonds. The highest BCUT2D eigenvalue weighted by atomic mass is 32.1. The lowest BCUT2D eigenvalue weighted by atomic mass is 10.1. The second kappa shape index (κ2) is 9.37. The van der Waals surface area contributed by atoms with Crippen LogP contribution in [0.2, 0.25) is 0 Å². The van der Waals surface area contributed by atoms with Crippen molar-refractivity contribution >= 4 is 33.1 Å². The molecule has 154 valence electrons. The van der Waals surface area contributed by atoms with Crippen molar-refractivity contribution in [2.24, 2.45) is 4.99 Å². The van der Waals surface area contributed by atoms with Crippen molar-refractivity contribution in [3.63, 3.8) is 0 Å². The summed E-state index contributed by atoms with van der Waals surface area (Å²) in [6.07, 6.45) is 0. The summed E-state index contributed by atoms with van der Waals surface area (Å²) in [5.41, 5.74) is 5.23. The Kier molecular flexibility index (Phi) is 6.87. The van der Waals surface area contributed by atoms with Crippen molar-refractivity contribution in [2.75, 3.05) is 31.7 Å². The fourth-order valence-corrected chi connectivity index (χ4v) is 4.66. The van der Waals surface area contributed by atoms with Crippen molar-refractivity contribution in [3.05, 3.63) is 57.9 Å². The Morgan fingerprint density at radius 2 is 1.83 bits per heavy atom. The molecule has 0 N–H and O–H groups in total. The van der Waals surface area contributed by atoms with Crippen LogP contribution in [0, 0.1) is 13.8 Å². The van der Waals surface area contributed by atoms with E-state index in [4.69, 9.17) is 4.74 Å². The smallest absolute Gasteiger partial charge is 0.279 e. The number of thiazole rings is 1. The third-order valence-corrected chi connectivity index (χ3v) is 6.30. The molecule has 0 spiro atoms. The maximum absolute atomic E-state index is 12.9. The molecule has 2 aromatic carbocycles. The van der Waals surface area contributed by atoms with Crippen LogP contribution < -0.4 is 9.70 Å². The van der Waals surface area contributed by atoms with Gasteiger partial charge >= 0.3 is 0 Å². The first kappa shape index (κ1) is 21.3. The molecule has 3 aromatic rings. The summed E-state index contributed by atoms with van der Waals surface area (Å²) >= 11 is 1.56. The minimum absolute atomic E-state index is 0.219. The average Bonchev–Trinajstić information content (AvgIpc) is 3.05. The van der Waals surface area contributed by atoms with Gasteiger partial charge in [0.05, 0.1) is 16.8 Å². The van der Waals surface area contributed by atoms with Crippen molar-refractivity contribution in [1.82, 2.24) is 4.57 Å². The largest absolute Gasteiger partial charge is 0.383 e. The number of amides is 1. The Balaban J connectivity index is 2.02. The highest BCUT2D eigenvalue weighted by Crippen LogP contribution is 2.23. The van der Waals surface area contributed by atoms with Crippen molar-refractivity contribution in [1.29, 1.82) is 0 Å². The molecule has 0 bridgehead atoms. The number of anilines is 1. The number of carbonyl (C=O) groups is 1. The highest BCUT2D eigenvalue weighted by molar-refractivity contribution is 7.16. The van der Waals surface area contributed by atoms with Gasteiger partial charge in [0.1, 0.15) is 0 Å². The minimum atomic E-state index is -0.219. The zero-order chi connectivity index (χ0) is 21.0. The van der Waals surface area contributed by atoms with Crippen LogP contribution in [-0.2, 0) is 11.3 Å².